The molecule has 0 aromatic heterocycles. The van der Waals surface area contributed by atoms with Crippen molar-refractivity contribution in [1.82, 2.24) is 10.2 Å². The molecule has 4 heteroatoms. The zero-order chi connectivity index (χ0) is 16.4. The molecule has 0 radical (unpaired) electrons. The Bertz CT molecular complexity index is 584. The summed E-state index contributed by atoms with van der Waals surface area (Å²) in [5, 5.41) is 3.52. The monoisotopic (exact) mass is 316 g/mol. The molecule has 2 aromatic rings. The molecule has 1 fully saturated rings. The Morgan fingerprint density at radius 2 is 1.22 bits per heavy atom. The van der Waals surface area contributed by atoms with Gasteiger partial charge in [0.2, 0.25) is 0 Å². The van der Waals surface area contributed by atoms with Crippen LogP contribution in [0.4, 0.5) is 8.78 Å². The maximum Gasteiger partial charge on any atom is 0.123 e. The molecule has 0 amide bonds. The van der Waals surface area contributed by atoms with Crippen LogP contribution >= 0.6 is 0 Å². The van der Waals surface area contributed by atoms with Crippen LogP contribution < -0.4 is 5.32 Å². The fraction of sp³-hybridized carbons (Fsp3) is 0.368. The summed E-state index contributed by atoms with van der Waals surface area (Å²) in [5.41, 5.74) is 2.05. The Hall–Kier alpha value is -1.78. The lowest BCUT2D eigenvalue weighted by Crippen LogP contribution is -2.55. The van der Waals surface area contributed by atoms with E-state index in [1.54, 1.807) is 0 Å². The Morgan fingerprint density at radius 3 is 1.61 bits per heavy atom. The van der Waals surface area contributed by atoms with Gasteiger partial charge in [0.1, 0.15) is 11.6 Å². The van der Waals surface area contributed by atoms with Crippen LogP contribution in [0, 0.1) is 11.6 Å². The van der Waals surface area contributed by atoms with Gasteiger partial charge in [-0.3, -0.25) is 4.90 Å². The molecule has 0 saturated carbocycles. The zero-order valence-corrected chi connectivity index (χ0v) is 13.5. The molecule has 1 aliphatic heterocycles. The maximum atomic E-state index is 13.3. The standard InChI is InChI=1S/C19H22F2N2/c1-13-11-23(12-14(2)22-13)19(15-3-7-17(20)8-4-15)16-5-9-18(21)10-6-16/h3-10,13-14,19,22H,11-12H2,1-2H3. The molecule has 0 aliphatic carbocycles. The minimum atomic E-state index is -0.242. The summed E-state index contributed by atoms with van der Waals surface area (Å²) < 4.78 is 26.6. The fourth-order valence-corrected chi connectivity index (χ4v) is 3.48. The normalized spacial score (nSPS) is 22.5. The molecule has 2 atom stereocenters. The first-order chi connectivity index (χ1) is 11.0. The summed E-state index contributed by atoms with van der Waals surface area (Å²) in [6.07, 6.45) is 0. The molecule has 23 heavy (non-hydrogen) atoms. The van der Waals surface area contributed by atoms with Gasteiger partial charge in [0.05, 0.1) is 6.04 Å². The second-order valence-electron chi connectivity index (χ2n) is 6.43. The SMILES string of the molecule is CC1CN(C(c2ccc(F)cc2)c2ccc(F)cc2)CC(C)N1. The van der Waals surface area contributed by atoms with Crippen LogP contribution in [0.3, 0.4) is 0 Å². The second-order valence-corrected chi connectivity index (χ2v) is 6.43. The van der Waals surface area contributed by atoms with Gasteiger partial charge >= 0.3 is 0 Å². The van der Waals surface area contributed by atoms with Crippen LogP contribution in [0.5, 0.6) is 0 Å². The van der Waals surface area contributed by atoms with Crippen molar-refractivity contribution in [3.05, 3.63) is 71.3 Å². The minimum absolute atomic E-state index is 0.00296. The summed E-state index contributed by atoms with van der Waals surface area (Å²) in [7, 11) is 0. The van der Waals surface area contributed by atoms with E-state index in [0.717, 1.165) is 24.2 Å². The Labute approximate surface area is 136 Å². The molecular weight excluding hydrogens is 294 g/mol. The summed E-state index contributed by atoms with van der Waals surface area (Å²) in [5.74, 6) is -0.484. The highest BCUT2D eigenvalue weighted by molar-refractivity contribution is 5.32. The van der Waals surface area contributed by atoms with Crippen LogP contribution in [0.15, 0.2) is 48.5 Å². The Morgan fingerprint density at radius 1 is 0.826 bits per heavy atom. The van der Waals surface area contributed by atoms with E-state index >= 15 is 0 Å². The highest BCUT2D eigenvalue weighted by Crippen LogP contribution is 2.30. The summed E-state index contributed by atoms with van der Waals surface area (Å²) in [6.45, 7) is 6.11. The topological polar surface area (TPSA) is 15.3 Å². The minimum Gasteiger partial charge on any atom is -0.309 e. The van der Waals surface area contributed by atoms with Crippen molar-refractivity contribution >= 4 is 0 Å². The lowest BCUT2D eigenvalue weighted by molar-refractivity contribution is 0.141. The predicted octanol–water partition coefficient (Wildman–Crippen LogP) is 3.74. The number of benzene rings is 2. The van der Waals surface area contributed by atoms with Crippen LogP contribution in [0.1, 0.15) is 31.0 Å². The van der Waals surface area contributed by atoms with Crippen molar-refractivity contribution in [2.75, 3.05) is 13.1 Å². The number of nitrogens with one attached hydrogen (secondary N) is 1. The van der Waals surface area contributed by atoms with Gasteiger partial charge in [-0.2, -0.15) is 0 Å². The molecule has 1 N–H and O–H groups in total. The highest BCUT2D eigenvalue weighted by atomic mass is 19.1. The van der Waals surface area contributed by atoms with E-state index in [0.29, 0.717) is 12.1 Å². The van der Waals surface area contributed by atoms with Crippen molar-refractivity contribution in [2.24, 2.45) is 0 Å². The van der Waals surface area contributed by atoms with Gasteiger partial charge in [-0.25, -0.2) is 8.78 Å². The van der Waals surface area contributed by atoms with E-state index < -0.39 is 0 Å². The average Bonchev–Trinajstić information content (AvgIpc) is 2.50. The number of hydrogen-bond donors (Lipinski definition) is 1. The van der Waals surface area contributed by atoms with Gasteiger partial charge in [0.15, 0.2) is 0 Å². The van der Waals surface area contributed by atoms with E-state index in [4.69, 9.17) is 0 Å². The number of halogens is 2. The van der Waals surface area contributed by atoms with Gasteiger partial charge in [-0.1, -0.05) is 24.3 Å². The zero-order valence-electron chi connectivity index (χ0n) is 13.5. The van der Waals surface area contributed by atoms with Gasteiger partial charge in [0, 0.05) is 25.2 Å². The van der Waals surface area contributed by atoms with Crippen molar-refractivity contribution < 1.29 is 8.78 Å². The molecule has 2 nitrogen and oxygen atoms in total. The van der Waals surface area contributed by atoms with Gasteiger partial charge in [0.25, 0.3) is 0 Å². The van der Waals surface area contributed by atoms with E-state index in [1.807, 2.05) is 24.3 Å². The van der Waals surface area contributed by atoms with Crippen molar-refractivity contribution in [3.63, 3.8) is 0 Å². The summed E-state index contributed by atoms with van der Waals surface area (Å²) >= 11 is 0. The number of rotatable bonds is 3. The lowest BCUT2D eigenvalue weighted by atomic mass is 9.95. The second kappa shape index (κ2) is 6.77. The average molecular weight is 316 g/mol. The van der Waals surface area contributed by atoms with E-state index in [9.17, 15) is 8.78 Å². The quantitative estimate of drug-likeness (QED) is 0.928. The molecule has 0 bridgehead atoms. The van der Waals surface area contributed by atoms with Crippen molar-refractivity contribution in [1.29, 1.82) is 0 Å². The maximum absolute atomic E-state index is 13.3. The van der Waals surface area contributed by atoms with E-state index in [2.05, 4.69) is 24.1 Å². The molecule has 2 unspecified atom stereocenters. The first kappa shape index (κ1) is 16.1. The van der Waals surface area contributed by atoms with Crippen LogP contribution in [0.25, 0.3) is 0 Å². The molecular formula is C19H22F2N2. The number of nitrogens with zero attached hydrogens (tertiary/aromatic N) is 1. The first-order valence-electron chi connectivity index (χ1n) is 8.04. The van der Waals surface area contributed by atoms with Crippen LogP contribution in [0.2, 0.25) is 0 Å². The first-order valence-corrected chi connectivity index (χ1v) is 8.04. The van der Waals surface area contributed by atoms with Crippen LogP contribution in [-0.4, -0.2) is 30.1 Å². The highest BCUT2D eigenvalue weighted by Gasteiger charge is 2.29. The lowest BCUT2D eigenvalue weighted by Gasteiger charge is -2.41. The molecule has 3 rings (SSSR count). The molecule has 1 heterocycles. The summed E-state index contributed by atoms with van der Waals surface area (Å²) in [6, 6.07) is 14.0. The van der Waals surface area contributed by atoms with Crippen molar-refractivity contribution in [2.45, 2.75) is 32.0 Å². The number of piperazine rings is 1. The Balaban J connectivity index is 1.98. The van der Waals surface area contributed by atoms with Gasteiger partial charge in [-0.05, 0) is 49.2 Å². The Kier molecular flexibility index (Phi) is 4.74. The summed E-state index contributed by atoms with van der Waals surface area (Å²) in [4.78, 5) is 2.38. The molecule has 2 aromatic carbocycles. The van der Waals surface area contributed by atoms with Crippen molar-refractivity contribution in [3.8, 4) is 0 Å². The third kappa shape index (κ3) is 3.77. The molecule has 0 spiro atoms. The van der Waals surface area contributed by atoms with Gasteiger partial charge < -0.3 is 5.32 Å². The smallest absolute Gasteiger partial charge is 0.123 e. The largest absolute Gasteiger partial charge is 0.309 e. The molecule has 1 aliphatic rings. The molecule has 1 saturated heterocycles. The van der Waals surface area contributed by atoms with Crippen LogP contribution in [-0.2, 0) is 0 Å². The third-order valence-electron chi connectivity index (χ3n) is 4.32. The van der Waals surface area contributed by atoms with E-state index in [-0.39, 0.29) is 17.7 Å². The van der Waals surface area contributed by atoms with Gasteiger partial charge in [-0.15, -0.1) is 0 Å². The predicted molar refractivity (Wildman–Crippen MR) is 88.3 cm³/mol. The fourth-order valence-electron chi connectivity index (χ4n) is 3.48. The number of hydrogen-bond acceptors (Lipinski definition) is 2. The molecule has 122 valence electrons. The van der Waals surface area contributed by atoms with E-state index in [1.165, 1.54) is 24.3 Å². The third-order valence-corrected chi connectivity index (χ3v) is 4.32.